The molecular formula is C24H22N4O. The number of anilines is 1. The number of carbonyl (C=O) groups excluding carboxylic acids is 1. The first-order chi connectivity index (χ1) is 13.8. The summed E-state index contributed by atoms with van der Waals surface area (Å²) in [5.41, 5.74) is 0.629. The van der Waals surface area contributed by atoms with Gasteiger partial charge < -0.3 is 4.90 Å². The minimum absolute atomic E-state index is 0.0155. The minimum atomic E-state index is -1.39. The number of carbonyl (C=O) groups is 1. The van der Waals surface area contributed by atoms with Crippen LogP contribution in [-0.4, -0.2) is 22.9 Å². The summed E-state index contributed by atoms with van der Waals surface area (Å²) in [5.74, 6) is -0.574. The lowest BCUT2D eigenvalue weighted by Crippen LogP contribution is -2.47. The molecule has 5 heteroatoms. The molecule has 0 spiro atoms. The number of fused-ring (bicyclic) bond motifs is 3. The van der Waals surface area contributed by atoms with Crippen LogP contribution in [0.5, 0.6) is 0 Å². The first kappa shape index (κ1) is 18.9. The highest BCUT2D eigenvalue weighted by atomic mass is 16.1. The Morgan fingerprint density at radius 1 is 1.10 bits per heavy atom. The van der Waals surface area contributed by atoms with Crippen molar-refractivity contribution in [2.75, 3.05) is 4.90 Å². The van der Waals surface area contributed by atoms with E-state index in [2.05, 4.69) is 17.1 Å². The standard InChI is InChI=1S/C24H22N4O/c1-23(2,3)22(29)21-20(17-10-12-27-13-11-17)24(14-25,15-26)19-9-8-16-6-4-5-7-18(16)28(19)21/h4-13,19-21H,1-3H3/t19-,20-,21-/m0/s1. The highest BCUT2D eigenvalue weighted by molar-refractivity contribution is 5.96. The molecule has 0 amide bonds. The van der Waals surface area contributed by atoms with E-state index in [1.807, 2.05) is 74.2 Å². The smallest absolute Gasteiger partial charge is 0.176 e. The molecule has 0 aliphatic carbocycles. The van der Waals surface area contributed by atoms with E-state index in [-0.39, 0.29) is 5.78 Å². The lowest BCUT2D eigenvalue weighted by atomic mass is 9.68. The van der Waals surface area contributed by atoms with E-state index in [1.54, 1.807) is 12.4 Å². The zero-order chi connectivity index (χ0) is 20.8. The Morgan fingerprint density at radius 3 is 2.38 bits per heavy atom. The molecule has 2 aromatic rings. The Hall–Kier alpha value is -3.44. The zero-order valence-corrected chi connectivity index (χ0v) is 16.7. The maximum atomic E-state index is 13.7. The number of rotatable bonds is 2. The molecule has 0 saturated carbocycles. The minimum Gasteiger partial charge on any atom is -0.351 e. The maximum absolute atomic E-state index is 13.7. The quantitative estimate of drug-likeness (QED) is 0.781. The highest BCUT2D eigenvalue weighted by Crippen LogP contribution is 2.55. The molecule has 2 aliphatic heterocycles. The second kappa shape index (κ2) is 6.57. The highest BCUT2D eigenvalue weighted by Gasteiger charge is 2.64. The van der Waals surface area contributed by atoms with Crippen molar-refractivity contribution >= 4 is 17.5 Å². The molecule has 0 N–H and O–H groups in total. The summed E-state index contributed by atoms with van der Waals surface area (Å²) < 4.78 is 0. The molecule has 0 unspecified atom stereocenters. The van der Waals surface area contributed by atoms with Crippen molar-refractivity contribution in [3.8, 4) is 12.1 Å². The van der Waals surface area contributed by atoms with Gasteiger partial charge in [-0.2, -0.15) is 10.5 Å². The Labute approximate surface area is 170 Å². The van der Waals surface area contributed by atoms with E-state index in [4.69, 9.17) is 0 Å². The van der Waals surface area contributed by atoms with Gasteiger partial charge in [-0.3, -0.25) is 9.78 Å². The normalized spacial score (nSPS) is 24.2. The van der Waals surface area contributed by atoms with E-state index in [0.29, 0.717) is 0 Å². The van der Waals surface area contributed by atoms with Crippen molar-refractivity contribution in [2.45, 2.75) is 38.8 Å². The van der Waals surface area contributed by atoms with Gasteiger partial charge in [-0.05, 0) is 29.3 Å². The van der Waals surface area contributed by atoms with Crippen LogP contribution in [0, 0.1) is 33.5 Å². The molecule has 29 heavy (non-hydrogen) atoms. The van der Waals surface area contributed by atoms with E-state index < -0.39 is 28.8 Å². The van der Waals surface area contributed by atoms with Crippen LogP contribution in [0.2, 0.25) is 0 Å². The van der Waals surface area contributed by atoms with Gasteiger partial charge in [0.2, 0.25) is 0 Å². The molecule has 4 rings (SSSR count). The average molecular weight is 382 g/mol. The molecule has 144 valence electrons. The third-order valence-electron chi connectivity index (χ3n) is 5.99. The van der Waals surface area contributed by atoms with Gasteiger partial charge in [0, 0.05) is 29.4 Å². The summed E-state index contributed by atoms with van der Waals surface area (Å²) in [6, 6.07) is 14.9. The third-order valence-corrected chi connectivity index (χ3v) is 5.99. The molecule has 5 nitrogen and oxygen atoms in total. The van der Waals surface area contributed by atoms with Crippen LogP contribution < -0.4 is 4.90 Å². The molecule has 1 aromatic heterocycles. The van der Waals surface area contributed by atoms with E-state index in [9.17, 15) is 15.3 Å². The van der Waals surface area contributed by atoms with Crippen molar-refractivity contribution in [1.82, 2.24) is 4.98 Å². The Kier molecular flexibility index (Phi) is 4.28. The van der Waals surface area contributed by atoms with Crippen LogP contribution in [0.25, 0.3) is 6.08 Å². The van der Waals surface area contributed by atoms with E-state index in [1.165, 1.54) is 0 Å². The summed E-state index contributed by atoms with van der Waals surface area (Å²) in [6.07, 6.45) is 7.15. The van der Waals surface area contributed by atoms with Gasteiger partial charge in [0.15, 0.2) is 11.2 Å². The number of pyridine rings is 1. The van der Waals surface area contributed by atoms with Crippen molar-refractivity contribution in [3.63, 3.8) is 0 Å². The first-order valence-corrected chi connectivity index (χ1v) is 9.67. The van der Waals surface area contributed by atoms with E-state index >= 15 is 0 Å². The van der Waals surface area contributed by atoms with Crippen LogP contribution in [-0.2, 0) is 4.79 Å². The molecule has 0 radical (unpaired) electrons. The molecule has 3 heterocycles. The Morgan fingerprint density at radius 2 is 1.76 bits per heavy atom. The van der Waals surface area contributed by atoms with Crippen molar-refractivity contribution in [1.29, 1.82) is 10.5 Å². The molecule has 1 aromatic carbocycles. The molecule has 2 aliphatic rings. The van der Waals surface area contributed by atoms with Crippen molar-refractivity contribution in [2.24, 2.45) is 10.8 Å². The topological polar surface area (TPSA) is 80.8 Å². The number of ketones is 1. The van der Waals surface area contributed by atoms with E-state index in [0.717, 1.165) is 16.8 Å². The van der Waals surface area contributed by atoms with Gasteiger partial charge in [-0.1, -0.05) is 51.1 Å². The van der Waals surface area contributed by atoms with Crippen molar-refractivity contribution < 1.29 is 4.79 Å². The van der Waals surface area contributed by atoms with Gasteiger partial charge in [0.25, 0.3) is 0 Å². The van der Waals surface area contributed by atoms with Gasteiger partial charge in [0.1, 0.15) is 0 Å². The van der Waals surface area contributed by atoms with Crippen LogP contribution in [0.15, 0.2) is 54.9 Å². The largest absolute Gasteiger partial charge is 0.351 e. The Bertz CT molecular complexity index is 1050. The van der Waals surface area contributed by atoms with Crippen molar-refractivity contribution in [3.05, 3.63) is 66.0 Å². The van der Waals surface area contributed by atoms with Crippen LogP contribution in [0.1, 0.15) is 37.8 Å². The molecule has 1 saturated heterocycles. The molecular weight excluding hydrogens is 360 g/mol. The van der Waals surface area contributed by atoms with Gasteiger partial charge in [0.05, 0.1) is 24.2 Å². The third kappa shape index (κ3) is 2.66. The van der Waals surface area contributed by atoms with Gasteiger partial charge in [-0.25, -0.2) is 0 Å². The first-order valence-electron chi connectivity index (χ1n) is 9.67. The molecule has 1 fully saturated rings. The predicted molar refractivity (Wildman–Crippen MR) is 111 cm³/mol. The monoisotopic (exact) mass is 382 g/mol. The number of nitriles is 2. The summed E-state index contributed by atoms with van der Waals surface area (Å²) in [6.45, 7) is 5.66. The fraction of sp³-hybridized carbons (Fsp3) is 0.333. The summed E-state index contributed by atoms with van der Waals surface area (Å²) in [7, 11) is 0. The summed E-state index contributed by atoms with van der Waals surface area (Å²) in [5, 5.41) is 20.6. The second-order valence-corrected chi connectivity index (χ2v) is 8.68. The maximum Gasteiger partial charge on any atom is 0.176 e. The molecule has 3 atom stereocenters. The number of aromatic nitrogens is 1. The van der Waals surface area contributed by atoms with Gasteiger partial charge in [-0.15, -0.1) is 0 Å². The summed E-state index contributed by atoms with van der Waals surface area (Å²) >= 11 is 0. The number of hydrogen-bond acceptors (Lipinski definition) is 5. The number of benzene rings is 1. The number of nitrogens with zero attached hydrogens (tertiary/aromatic N) is 4. The molecule has 0 bridgehead atoms. The van der Waals surface area contributed by atoms with Crippen LogP contribution >= 0.6 is 0 Å². The van der Waals surface area contributed by atoms with Gasteiger partial charge >= 0.3 is 0 Å². The second-order valence-electron chi connectivity index (χ2n) is 8.68. The number of hydrogen-bond donors (Lipinski definition) is 0. The number of Topliss-reactive ketones (excluding diaryl/α,β-unsaturated/α-hetero) is 1. The fourth-order valence-electron chi connectivity index (χ4n) is 4.62. The zero-order valence-electron chi connectivity index (χ0n) is 16.7. The lowest BCUT2D eigenvalue weighted by molar-refractivity contribution is -0.127. The predicted octanol–water partition coefficient (Wildman–Crippen LogP) is 4.10. The lowest BCUT2D eigenvalue weighted by Gasteiger charge is -2.37. The number of para-hydroxylation sites is 1. The Balaban J connectivity index is 2.03. The van der Waals surface area contributed by atoms with Crippen LogP contribution in [0.4, 0.5) is 5.69 Å². The fourth-order valence-corrected chi connectivity index (χ4v) is 4.62. The SMILES string of the molecule is CC(C)(C)C(=O)[C@@H]1[C@H](c2ccncc2)C(C#N)(C#N)[C@@H]2C=Cc3ccccc3N12. The average Bonchev–Trinajstić information content (AvgIpc) is 3.04. The van der Waals surface area contributed by atoms with Crippen LogP contribution in [0.3, 0.4) is 0 Å². The summed E-state index contributed by atoms with van der Waals surface area (Å²) in [4.78, 5) is 19.8.